The molecule has 9 atom stereocenters. The molecule has 1 aromatic carbocycles. The lowest BCUT2D eigenvalue weighted by Crippen LogP contribution is -2.61. The molecule has 2 aromatic rings. The van der Waals surface area contributed by atoms with Gasteiger partial charge in [0.05, 0.1) is 32.2 Å². The van der Waals surface area contributed by atoms with E-state index in [1.807, 2.05) is 0 Å². The zero-order chi connectivity index (χ0) is 43.8. The maximum atomic E-state index is 14.4. The molecule has 21 nitrogen and oxygen atoms in total. The van der Waals surface area contributed by atoms with Gasteiger partial charge in [-0.05, 0) is 30.4 Å². The van der Waals surface area contributed by atoms with Crippen molar-refractivity contribution in [3.05, 3.63) is 35.5 Å². The van der Waals surface area contributed by atoms with Gasteiger partial charge in [0.15, 0.2) is 0 Å². The molecule has 3 aliphatic rings. The highest BCUT2D eigenvalue weighted by molar-refractivity contribution is 6.00. The second-order valence-corrected chi connectivity index (χ2v) is 15.6. The standard InChI is InChI=1S/C39H54N10O11/c1-4-18(2)32-37(58)42-15-30(53)44-25-13-23-21(20-8-5-6-9-22(20)43-23)12-24(34(55)41-16-31(54)47-32)45-38(59)33(19(3)28(51)17-50)48-36(57)27-10-7-11-49(27)39(60)26(14-29(40)52)46-35(25)56/h5-6,8-9,18-19,24-28,32-33,43,50-51H,4,7,10-17H2,1-3H3,(H2,40,52)(H,41,55)(H,42,58)(H,44,53)(H,45,59)(H,46,56)(H,47,54)(H,48,57)/t18-,19-,24-,25?,26-,27-,28-,32-,33-/m0/s1. The van der Waals surface area contributed by atoms with Crippen molar-refractivity contribution in [1.82, 2.24) is 47.1 Å². The number of aromatic nitrogens is 1. The average molecular weight is 839 g/mol. The summed E-state index contributed by atoms with van der Waals surface area (Å²) in [6, 6.07) is -1.68. The largest absolute Gasteiger partial charge is 0.394 e. The van der Waals surface area contributed by atoms with Gasteiger partial charge in [0.25, 0.3) is 0 Å². The topological polar surface area (TPSA) is 323 Å². The van der Waals surface area contributed by atoms with Crippen LogP contribution in [-0.2, 0) is 56.0 Å². The number of rotatable bonds is 7. The van der Waals surface area contributed by atoms with Crippen molar-refractivity contribution in [2.24, 2.45) is 17.6 Å². The van der Waals surface area contributed by atoms with Gasteiger partial charge < -0.3 is 63.0 Å². The van der Waals surface area contributed by atoms with Crippen LogP contribution in [0.3, 0.4) is 0 Å². The number of aromatic amines is 1. The van der Waals surface area contributed by atoms with Crippen LogP contribution in [-0.4, -0.2) is 142 Å². The number of fused-ring (bicyclic) bond motifs is 4. The van der Waals surface area contributed by atoms with E-state index in [1.54, 1.807) is 38.1 Å². The van der Waals surface area contributed by atoms with Crippen molar-refractivity contribution in [3.8, 4) is 0 Å². The number of H-pyrrole nitrogens is 1. The SMILES string of the molecule is CC[C@H](C)[C@@H]1NC(=O)CNC(=O)[C@@H]2Cc3c([nH]c4ccccc34)CC(NC(=O)CNC1=O)C(=O)N[C@@H](CC(N)=O)C(=O)N1CCC[C@H]1C(=O)N[C@@H]([C@@H](C)[C@@H](O)CO)C(=O)N2. The number of amides is 9. The monoisotopic (exact) mass is 838 g/mol. The van der Waals surface area contributed by atoms with E-state index in [0.717, 1.165) is 4.90 Å². The highest BCUT2D eigenvalue weighted by Crippen LogP contribution is 2.26. The minimum Gasteiger partial charge on any atom is -0.394 e. The van der Waals surface area contributed by atoms with Gasteiger partial charge in [-0.1, -0.05) is 45.4 Å². The third kappa shape index (κ3) is 10.6. The lowest BCUT2D eigenvalue weighted by molar-refractivity contribution is -0.144. The number of hydrogen-bond donors (Lipinski definition) is 11. The summed E-state index contributed by atoms with van der Waals surface area (Å²) in [4.78, 5) is 128. The Balaban J connectivity index is 1.70. The summed E-state index contributed by atoms with van der Waals surface area (Å²) in [5.74, 6) is -9.28. The maximum Gasteiger partial charge on any atom is 0.246 e. The minimum absolute atomic E-state index is 0.0134. The fraction of sp³-hybridized carbons (Fsp3) is 0.564. The molecule has 326 valence electrons. The quantitative estimate of drug-likeness (QED) is 0.127. The minimum atomic E-state index is -1.61. The smallest absolute Gasteiger partial charge is 0.246 e. The number of para-hydroxylation sites is 1. The normalized spacial score (nSPS) is 26.9. The summed E-state index contributed by atoms with van der Waals surface area (Å²) in [5.41, 5.74) is 6.78. The number of benzene rings is 1. The zero-order valence-corrected chi connectivity index (χ0v) is 33.7. The molecule has 1 saturated heterocycles. The van der Waals surface area contributed by atoms with Crippen LogP contribution < -0.4 is 43.0 Å². The number of aliphatic hydroxyl groups excluding tert-OH is 2. The Hall–Kier alpha value is -6.09. The van der Waals surface area contributed by atoms with Crippen molar-refractivity contribution in [3.63, 3.8) is 0 Å². The van der Waals surface area contributed by atoms with Gasteiger partial charge >= 0.3 is 0 Å². The van der Waals surface area contributed by atoms with E-state index in [1.165, 1.54) is 6.92 Å². The van der Waals surface area contributed by atoms with E-state index < -0.39 is 133 Å². The van der Waals surface area contributed by atoms with Crippen LogP contribution in [0.1, 0.15) is 57.7 Å². The number of aliphatic hydroxyl groups is 2. The first-order chi connectivity index (χ1) is 28.5. The molecule has 0 spiro atoms. The molecule has 5 rings (SSSR count). The van der Waals surface area contributed by atoms with Crippen LogP contribution >= 0.6 is 0 Å². The van der Waals surface area contributed by atoms with Crippen molar-refractivity contribution in [2.45, 2.75) is 102 Å². The number of hydrogen-bond acceptors (Lipinski definition) is 11. The highest BCUT2D eigenvalue weighted by Gasteiger charge is 2.42. The molecule has 1 fully saturated rings. The molecule has 3 aliphatic heterocycles. The summed E-state index contributed by atoms with van der Waals surface area (Å²) in [6.07, 6.45) is -1.96. The molecular formula is C39H54N10O11. The molecule has 0 aliphatic carbocycles. The molecule has 60 heavy (non-hydrogen) atoms. The van der Waals surface area contributed by atoms with Crippen molar-refractivity contribution < 1.29 is 53.4 Å². The number of carbonyl (C=O) groups is 9. The number of carbonyl (C=O) groups excluding carboxylic acids is 9. The van der Waals surface area contributed by atoms with Crippen molar-refractivity contribution >= 4 is 64.1 Å². The van der Waals surface area contributed by atoms with E-state index >= 15 is 0 Å². The van der Waals surface area contributed by atoms with Gasteiger partial charge in [-0.25, -0.2) is 0 Å². The van der Waals surface area contributed by atoms with Crippen LogP contribution in [0.2, 0.25) is 0 Å². The second kappa shape index (κ2) is 19.8. The second-order valence-electron chi connectivity index (χ2n) is 15.6. The molecular weight excluding hydrogens is 784 g/mol. The van der Waals surface area contributed by atoms with Gasteiger partial charge in [-0.3, -0.25) is 43.2 Å². The fourth-order valence-corrected chi connectivity index (χ4v) is 7.74. The third-order valence-electron chi connectivity index (χ3n) is 11.4. The predicted octanol–water partition coefficient (Wildman–Crippen LogP) is -4.16. The van der Waals surface area contributed by atoms with Crippen LogP contribution in [0.25, 0.3) is 10.9 Å². The molecule has 2 bridgehead atoms. The van der Waals surface area contributed by atoms with Crippen molar-refractivity contribution in [2.75, 3.05) is 26.2 Å². The molecule has 1 unspecified atom stereocenters. The number of nitrogens with two attached hydrogens (primary N) is 1. The first kappa shape index (κ1) is 45.0. The highest BCUT2D eigenvalue weighted by atomic mass is 16.3. The Morgan fingerprint density at radius 1 is 0.817 bits per heavy atom. The molecule has 0 radical (unpaired) electrons. The molecule has 21 heteroatoms. The first-order valence-corrected chi connectivity index (χ1v) is 20.0. The fourth-order valence-electron chi connectivity index (χ4n) is 7.74. The van der Waals surface area contributed by atoms with Crippen LogP contribution in [0.4, 0.5) is 0 Å². The summed E-state index contributed by atoms with van der Waals surface area (Å²) < 4.78 is 0. The summed E-state index contributed by atoms with van der Waals surface area (Å²) in [6.45, 7) is 2.83. The van der Waals surface area contributed by atoms with E-state index in [9.17, 15) is 53.4 Å². The van der Waals surface area contributed by atoms with Crippen molar-refractivity contribution in [1.29, 1.82) is 0 Å². The number of nitrogens with zero attached hydrogens (tertiary/aromatic N) is 1. The summed E-state index contributed by atoms with van der Waals surface area (Å²) >= 11 is 0. The maximum absolute atomic E-state index is 14.4. The van der Waals surface area contributed by atoms with Gasteiger partial charge in [-0.15, -0.1) is 0 Å². The number of nitrogens with one attached hydrogen (secondary N) is 8. The molecule has 0 saturated carbocycles. The summed E-state index contributed by atoms with van der Waals surface area (Å²) in [7, 11) is 0. The van der Waals surface area contributed by atoms with E-state index in [-0.39, 0.29) is 25.8 Å². The Bertz CT molecular complexity index is 2000. The third-order valence-corrected chi connectivity index (χ3v) is 11.4. The van der Waals surface area contributed by atoms with Gasteiger partial charge in [-0.2, -0.15) is 0 Å². The Morgan fingerprint density at radius 3 is 2.17 bits per heavy atom. The van der Waals surface area contributed by atoms with Gasteiger partial charge in [0.2, 0.25) is 53.2 Å². The summed E-state index contributed by atoms with van der Waals surface area (Å²) in [5, 5.41) is 39.1. The number of primary amides is 1. The van der Waals surface area contributed by atoms with Crippen LogP contribution in [0.15, 0.2) is 24.3 Å². The Kier molecular flexibility index (Phi) is 14.8. The van der Waals surface area contributed by atoms with Gasteiger partial charge in [0, 0.05) is 41.9 Å². The van der Waals surface area contributed by atoms with E-state index in [2.05, 4.69) is 42.2 Å². The van der Waals surface area contributed by atoms with E-state index in [0.29, 0.717) is 35.0 Å². The zero-order valence-electron chi connectivity index (χ0n) is 33.7. The lowest BCUT2D eigenvalue weighted by atomic mass is 9.93. The van der Waals surface area contributed by atoms with E-state index in [4.69, 9.17) is 5.73 Å². The molecule has 1 aromatic heterocycles. The Labute approximate surface area is 345 Å². The van der Waals surface area contributed by atoms with Crippen LogP contribution in [0, 0.1) is 11.8 Å². The average Bonchev–Trinajstić information content (AvgIpc) is 3.85. The Morgan fingerprint density at radius 2 is 1.48 bits per heavy atom. The molecule has 12 N–H and O–H groups in total. The van der Waals surface area contributed by atoms with Crippen LogP contribution in [0.5, 0.6) is 0 Å². The first-order valence-electron chi connectivity index (χ1n) is 20.0. The lowest BCUT2D eigenvalue weighted by Gasteiger charge is -2.32. The van der Waals surface area contributed by atoms with Gasteiger partial charge in [0.1, 0.15) is 36.3 Å². The molecule has 4 heterocycles. The molecule has 9 amide bonds. The predicted molar refractivity (Wildman–Crippen MR) is 212 cm³/mol.